The van der Waals surface area contributed by atoms with Crippen LogP contribution in [0.3, 0.4) is 0 Å². The Bertz CT molecular complexity index is 842. The molecule has 0 atom stereocenters. The maximum atomic E-state index is 13.9. The van der Waals surface area contributed by atoms with Crippen LogP contribution in [0.2, 0.25) is 0 Å². The van der Waals surface area contributed by atoms with Gasteiger partial charge in [-0.05, 0) is 26.0 Å². The van der Waals surface area contributed by atoms with Gasteiger partial charge in [-0.15, -0.1) is 0 Å². The van der Waals surface area contributed by atoms with E-state index in [0.717, 1.165) is 5.56 Å². The first-order valence-corrected chi connectivity index (χ1v) is 7.43. The topological polar surface area (TPSA) is 46.9 Å². The largest absolute Gasteiger partial charge is 0.435 e. The Morgan fingerprint density at radius 3 is 2.75 bits per heavy atom. The van der Waals surface area contributed by atoms with Crippen molar-refractivity contribution in [1.29, 1.82) is 0 Å². The highest BCUT2D eigenvalue weighted by Gasteiger charge is 2.38. The number of benzene rings is 1. The molecule has 0 aliphatic carbocycles. The van der Waals surface area contributed by atoms with Gasteiger partial charge in [-0.3, -0.25) is 4.79 Å². The summed E-state index contributed by atoms with van der Waals surface area (Å²) in [6, 6.07) is 4.27. The van der Waals surface area contributed by atoms with Gasteiger partial charge in [0.1, 0.15) is 5.82 Å². The lowest BCUT2D eigenvalue weighted by Gasteiger charge is -2.22. The van der Waals surface area contributed by atoms with E-state index in [1.54, 1.807) is 13.0 Å². The Balaban J connectivity index is 2.15. The number of fused-ring (bicyclic) bond motifs is 1. The van der Waals surface area contributed by atoms with Crippen LogP contribution >= 0.6 is 0 Å². The Morgan fingerprint density at radius 1 is 1.29 bits per heavy atom. The average molecular weight is 341 g/mol. The van der Waals surface area contributed by atoms with Crippen molar-refractivity contribution in [1.82, 2.24) is 15.1 Å². The Labute approximate surface area is 135 Å². The van der Waals surface area contributed by atoms with Crippen molar-refractivity contribution < 1.29 is 17.6 Å². The third kappa shape index (κ3) is 3.06. The molecule has 8 heteroatoms. The monoisotopic (exact) mass is 341 g/mol. The first kappa shape index (κ1) is 16.6. The summed E-state index contributed by atoms with van der Waals surface area (Å²) in [5, 5.41) is 6.31. The van der Waals surface area contributed by atoms with E-state index in [0.29, 0.717) is 11.2 Å². The quantitative estimate of drug-likeness (QED) is 0.854. The number of nitrogens with zero attached hydrogens (tertiary/aromatic N) is 2. The van der Waals surface area contributed by atoms with Crippen molar-refractivity contribution in [3.05, 3.63) is 62.3 Å². The zero-order valence-corrected chi connectivity index (χ0v) is 12.9. The maximum Gasteiger partial charge on any atom is 0.435 e. The van der Waals surface area contributed by atoms with Crippen molar-refractivity contribution in [3.63, 3.8) is 0 Å². The molecule has 4 nitrogen and oxygen atoms in total. The van der Waals surface area contributed by atoms with Crippen LogP contribution in [0.4, 0.5) is 17.6 Å². The first-order chi connectivity index (χ1) is 11.3. The van der Waals surface area contributed by atoms with Crippen LogP contribution in [0.25, 0.3) is 0 Å². The molecule has 0 unspecified atom stereocenters. The van der Waals surface area contributed by atoms with Crippen molar-refractivity contribution in [2.45, 2.75) is 32.6 Å². The lowest BCUT2D eigenvalue weighted by Crippen LogP contribution is -2.38. The van der Waals surface area contributed by atoms with Gasteiger partial charge in [0.15, 0.2) is 5.69 Å². The van der Waals surface area contributed by atoms with E-state index < -0.39 is 23.2 Å². The summed E-state index contributed by atoms with van der Waals surface area (Å²) in [5.41, 5.74) is -0.814. The molecule has 1 aliphatic rings. The summed E-state index contributed by atoms with van der Waals surface area (Å²) in [6.07, 6.45) is -4.49. The summed E-state index contributed by atoms with van der Waals surface area (Å²) in [7, 11) is 0. The second kappa shape index (κ2) is 6.01. The van der Waals surface area contributed by atoms with Gasteiger partial charge in [0.25, 0.3) is 5.56 Å². The molecule has 1 N–H and O–H groups in total. The molecule has 0 fully saturated rings. The van der Waals surface area contributed by atoms with Crippen LogP contribution in [0.5, 0.6) is 0 Å². The Kier molecular flexibility index (Phi) is 4.16. The predicted molar refractivity (Wildman–Crippen MR) is 79.1 cm³/mol. The van der Waals surface area contributed by atoms with Gasteiger partial charge in [-0.1, -0.05) is 17.7 Å². The smallest absolute Gasteiger partial charge is 0.312 e. The lowest BCUT2D eigenvalue weighted by molar-refractivity contribution is -0.143. The van der Waals surface area contributed by atoms with Crippen LogP contribution < -0.4 is 10.9 Å². The number of hydrogen-bond donors (Lipinski definition) is 1. The van der Waals surface area contributed by atoms with E-state index in [4.69, 9.17) is 0 Å². The van der Waals surface area contributed by atoms with Gasteiger partial charge < -0.3 is 5.32 Å². The van der Waals surface area contributed by atoms with E-state index in [2.05, 4.69) is 10.4 Å². The molecule has 0 bridgehead atoms. The SMILES string of the molecule is Cc1ccc(F)c(Cn2nc(C(F)(F)F)c3c(c2=O)CCNC3)c1. The molecule has 0 saturated heterocycles. The highest BCUT2D eigenvalue weighted by molar-refractivity contribution is 5.33. The summed E-state index contributed by atoms with van der Waals surface area (Å²) in [5.74, 6) is -0.581. The number of hydrogen-bond acceptors (Lipinski definition) is 3. The minimum absolute atomic E-state index is 0.0495. The Hall–Kier alpha value is -2.22. The van der Waals surface area contributed by atoms with E-state index in [1.807, 2.05) is 0 Å². The fourth-order valence-corrected chi connectivity index (χ4v) is 2.85. The molecule has 3 rings (SSSR count). The third-order valence-electron chi connectivity index (χ3n) is 4.01. The third-order valence-corrected chi connectivity index (χ3v) is 4.01. The summed E-state index contributed by atoms with van der Waals surface area (Å²) >= 11 is 0. The van der Waals surface area contributed by atoms with Crippen LogP contribution in [0.15, 0.2) is 23.0 Å². The predicted octanol–water partition coefficient (Wildman–Crippen LogP) is 2.40. The zero-order valence-electron chi connectivity index (χ0n) is 12.9. The number of aryl methyl sites for hydroxylation is 1. The van der Waals surface area contributed by atoms with E-state index in [-0.39, 0.29) is 36.2 Å². The Morgan fingerprint density at radius 2 is 2.04 bits per heavy atom. The van der Waals surface area contributed by atoms with Gasteiger partial charge in [-0.2, -0.15) is 18.3 Å². The minimum atomic E-state index is -4.68. The van der Waals surface area contributed by atoms with E-state index >= 15 is 0 Å². The highest BCUT2D eigenvalue weighted by Crippen LogP contribution is 2.31. The molecule has 1 aromatic carbocycles. The van der Waals surface area contributed by atoms with Crippen LogP contribution in [0.1, 0.15) is 27.9 Å². The summed E-state index contributed by atoms with van der Waals surface area (Å²) < 4.78 is 54.5. The number of halogens is 4. The second-order valence-electron chi connectivity index (χ2n) is 5.79. The van der Waals surface area contributed by atoms with Gasteiger partial charge in [0.2, 0.25) is 0 Å². The molecule has 2 aromatic rings. The van der Waals surface area contributed by atoms with E-state index in [1.165, 1.54) is 12.1 Å². The molecule has 128 valence electrons. The molecule has 1 aliphatic heterocycles. The second-order valence-corrected chi connectivity index (χ2v) is 5.79. The molecular weight excluding hydrogens is 326 g/mol. The lowest BCUT2D eigenvalue weighted by atomic mass is 10.0. The van der Waals surface area contributed by atoms with Gasteiger partial charge in [0, 0.05) is 23.2 Å². The van der Waals surface area contributed by atoms with Crippen LogP contribution in [-0.2, 0) is 25.7 Å². The number of alkyl halides is 3. The van der Waals surface area contributed by atoms with Gasteiger partial charge in [-0.25, -0.2) is 9.07 Å². The molecule has 24 heavy (non-hydrogen) atoms. The maximum absolute atomic E-state index is 13.9. The minimum Gasteiger partial charge on any atom is -0.312 e. The molecule has 2 heterocycles. The molecular formula is C16H15F4N3O. The van der Waals surface area contributed by atoms with Gasteiger partial charge in [0.05, 0.1) is 6.54 Å². The molecule has 0 spiro atoms. The summed E-state index contributed by atoms with van der Waals surface area (Å²) in [6.45, 7) is 1.77. The first-order valence-electron chi connectivity index (χ1n) is 7.43. The molecule has 0 radical (unpaired) electrons. The molecule has 1 aromatic heterocycles. The van der Waals surface area contributed by atoms with Crippen LogP contribution in [-0.4, -0.2) is 16.3 Å². The van der Waals surface area contributed by atoms with Crippen molar-refractivity contribution in [2.75, 3.05) is 6.54 Å². The number of nitrogens with one attached hydrogen (secondary N) is 1. The van der Waals surface area contributed by atoms with Crippen molar-refractivity contribution >= 4 is 0 Å². The molecule has 0 amide bonds. The standard InChI is InChI=1S/C16H15F4N3O/c1-9-2-3-13(17)10(6-9)8-23-15(24)11-4-5-21-7-12(11)14(22-23)16(18,19)20/h2-3,6,21H,4-5,7-8H2,1H3. The highest BCUT2D eigenvalue weighted by atomic mass is 19.4. The fourth-order valence-electron chi connectivity index (χ4n) is 2.85. The molecule has 0 saturated carbocycles. The fraction of sp³-hybridized carbons (Fsp3) is 0.375. The van der Waals surface area contributed by atoms with Gasteiger partial charge >= 0.3 is 6.18 Å². The van der Waals surface area contributed by atoms with E-state index in [9.17, 15) is 22.4 Å². The van der Waals surface area contributed by atoms with Crippen molar-refractivity contribution in [3.8, 4) is 0 Å². The average Bonchev–Trinajstić information content (AvgIpc) is 2.52. The number of rotatable bonds is 2. The number of aromatic nitrogens is 2. The van der Waals surface area contributed by atoms with Crippen LogP contribution in [0, 0.1) is 12.7 Å². The normalized spacial score (nSPS) is 14.5. The van der Waals surface area contributed by atoms with Crippen molar-refractivity contribution in [2.24, 2.45) is 0 Å². The zero-order chi connectivity index (χ0) is 17.5. The summed E-state index contributed by atoms with van der Waals surface area (Å²) in [4.78, 5) is 12.5.